The normalized spacial score (nSPS) is 11.8. The molecule has 8 heteroatoms. The van der Waals surface area contributed by atoms with Gasteiger partial charge < -0.3 is 10.1 Å². The van der Waals surface area contributed by atoms with Crippen LogP contribution in [0.3, 0.4) is 0 Å². The Balaban J connectivity index is 1.74. The van der Waals surface area contributed by atoms with Gasteiger partial charge in [0.05, 0.1) is 23.1 Å². The van der Waals surface area contributed by atoms with Gasteiger partial charge in [-0.15, -0.1) is 11.8 Å². The molecule has 0 aliphatic heterocycles. The van der Waals surface area contributed by atoms with Gasteiger partial charge in [0.15, 0.2) is 0 Å². The Morgan fingerprint density at radius 3 is 2.69 bits per heavy atom. The summed E-state index contributed by atoms with van der Waals surface area (Å²) >= 11 is 7.75. The molecule has 1 aromatic heterocycles. The van der Waals surface area contributed by atoms with Crippen LogP contribution in [0.25, 0.3) is 5.69 Å². The molecule has 0 saturated heterocycles. The van der Waals surface area contributed by atoms with E-state index in [2.05, 4.69) is 15.4 Å². The van der Waals surface area contributed by atoms with Gasteiger partial charge in [0.25, 0.3) is 0 Å². The summed E-state index contributed by atoms with van der Waals surface area (Å²) in [6.45, 7) is 1.85. The van der Waals surface area contributed by atoms with Gasteiger partial charge in [-0.25, -0.2) is 9.67 Å². The third-order valence-electron chi connectivity index (χ3n) is 3.63. The molecule has 1 unspecified atom stereocenters. The van der Waals surface area contributed by atoms with Gasteiger partial charge in [-0.2, -0.15) is 5.10 Å². The van der Waals surface area contributed by atoms with Crippen LogP contribution in [0.2, 0.25) is 5.02 Å². The van der Waals surface area contributed by atoms with Gasteiger partial charge in [-0.1, -0.05) is 17.7 Å². The number of para-hydroxylation sites is 1. The van der Waals surface area contributed by atoms with Crippen LogP contribution in [0.1, 0.15) is 6.92 Å². The summed E-state index contributed by atoms with van der Waals surface area (Å²) < 4.78 is 6.67. The zero-order valence-electron chi connectivity index (χ0n) is 14.2. The maximum absolute atomic E-state index is 12.6. The number of rotatable bonds is 6. The fraction of sp³-hybridized carbons (Fsp3) is 0.167. The second kappa shape index (κ2) is 8.25. The van der Waals surface area contributed by atoms with Crippen molar-refractivity contribution in [2.75, 3.05) is 12.4 Å². The topological polar surface area (TPSA) is 69.0 Å². The number of aromatic nitrogens is 3. The zero-order chi connectivity index (χ0) is 18.5. The van der Waals surface area contributed by atoms with Gasteiger partial charge in [0.1, 0.15) is 24.1 Å². The number of ether oxygens (including phenoxy) is 1. The van der Waals surface area contributed by atoms with Crippen molar-refractivity contribution >= 4 is 35.0 Å². The van der Waals surface area contributed by atoms with Crippen LogP contribution >= 0.6 is 23.4 Å². The highest BCUT2D eigenvalue weighted by molar-refractivity contribution is 8.00. The van der Waals surface area contributed by atoms with Gasteiger partial charge >= 0.3 is 0 Å². The lowest BCUT2D eigenvalue weighted by Crippen LogP contribution is -2.23. The molecule has 2 aromatic carbocycles. The lowest BCUT2D eigenvalue weighted by atomic mass is 10.2. The van der Waals surface area contributed by atoms with Gasteiger partial charge in [0, 0.05) is 4.90 Å². The van der Waals surface area contributed by atoms with E-state index in [9.17, 15) is 4.79 Å². The van der Waals surface area contributed by atoms with Crippen molar-refractivity contribution < 1.29 is 9.53 Å². The van der Waals surface area contributed by atoms with Crippen LogP contribution in [0, 0.1) is 0 Å². The average molecular weight is 389 g/mol. The van der Waals surface area contributed by atoms with Crippen LogP contribution in [-0.2, 0) is 4.79 Å². The molecule has 0 spiro atoms. The van der Waals surface area contributed by atoms with Gasteiger partial charge in [-0.3, -0.25) is 4.79 Å². The molecule has 0 saturated carbocycles. The van der Waals surface area contributed by atoms with E-state index in [1.165, 1.54) is 29.1 Å². The summed E-state index contributed by atoms with van der Waals surface area (Å²) in [6.07, 6.45) is 2.95. The molecule has 26 heavy (non-hydrogen) atoms. The minimum Gasteiger partial charge on any atom is -0.497 e. The van der Waals surface area contributed by atoms with Crippen molar-refractivity contribution in [1.82, 2.24) is 14.8 Å². The maximum Gasteiger partial charge on any atom is 0.237 e. The molecule has 134 valence electrons. The Kier molecular flexibility index (Phi) is 5.80. The third kappa shape index (κ3) is 4.17. The molecule has 0 fully saturated rings. The molecule has 1 amide bonds. The number of hydrogen-bond donors (Lipinski definition) is 1. The van der Waals surface area contributed by atoms with Crippen LogP contribution in [-0.4, -0.2) is 33.0 Å². The summed E-state index contributed by atoms with van der Waals surface area (Å²) in [4.78, 5) is 17.5. The summed E-state index contributed by atoms with van der Waals surface area (Å²) in [5.74, 6) is 0.650. The Morgan fingerprint density at radius 2 is 2.04 bits per heavy atom. The van der Waals surface area contributed by atoms with Gasteiger partial charge in [0.2, 0.25) is 5.91 Å². The Labute approximate surface area is 160 Å². The first kappa shape index (κ1) is 18.3. The van der Waals surface area contributed by atoms with Gasteiger partial charge in [-0.05, 0) is 43.3 Å². The van der Waals surface area contributed by atoms with Crippen molar-refractivity contribution in [2.24, 2.45) is 0 Å². The number of anilines is 1. The summed E-state index contributed by atoms with van der Waals surface area (Å²) in [7, 11) is 1.62. The first-order chi connectivity index (χ1) is 12.6. The lowest BCUT2D eigenvalue weighted by Gasteiger charge is -2.15. The van der Waals surface area contributed by atoms with E-state index >= 15 is 0 Å². The smallest absolute Gasteiger partial charge is 0.237 e. The number of hydrogen-bond acceptors (Lipinski definition) is 5. The predicted molar refractivity (Wildman–Crippen MR) is 103 cm³/mol. The molecular formula is C18H17ClN4O2S. The van der Waals surface area contributed by atoms with Crippen molar-refractivity contribution in [3.8, 4) is 11.4 Å². The molecule has 1 atom stereocenters. The number of thioether (sulfide) groups is 1. The molecule has 6 nitrogen and oxygen atoms in total. The van der Waals surface area contributed by atoms with E-state index in [-0.39, 0.29) is 11.2 Å². The summed E-state index contributed by atoms with van der Waals surface area (Å²) in [5.41, 5.74) is 1.16. The molecule has 0 bridgehead atoms. The number of carbonyl (C=O) groups is 1. The van der Waals surface area contributed by atoms with Crippen LogP contribution in [0.5, 0.6) is 5.75 Å². The SMILES string of the molecule is COc1ccc(SC(C)C(=O)Nc2cccc(Cl)c2-n2cncn2)cc1. The first-order valence-electron chi connectivity index (χ1n) is 7.83. The van der Waals surface area contributed by atoms with E-state index in [1.807, 2.05) is 31.2 Å². The molecular weight excluding hydrogens is 372 g/mol. The monoisotopic (exact) mass is 388 g/mol. The van der Waals surface area contributed by atoms with Crippen molar-refractivity contribution in [1.29, 1.82) is 0 Å². The van der Waals surface area contributed by atoms with Crippen LogP contribution < -0.4 is 10.1 Å². The molecule has 0 radical (unpaired) electrons. The minimum atomic E-state index is -0.300. The second-order valence-corrected chi connectivity index (χ2v) is 7.22. The third-order valence-corrected chi connectivity index (χ3v) is 5.05. The molecule has 1 N–H and O–H groups in total. The quantitative estimate of drug-likeness (QED) is 0.645. The van der Waals surface area contributed by atoms with Crippen LogP contribution in [0.4, 0.5) is 5.69 Å². The van der Waals surface area contributed by atoms with E-state index in [4.69, 9.17) is 16.3 Å². The predicted octanol–water partition coefficient (Wildman–Crippen LogP) is 4.05. The standard InChI is InChI=1S/C18H17ClN4O2S/c1-12(26-14-8-6-13(25-2)7-9-14)18(24)22-16-5-3-4-15(19)17(16)23-11-20-10-21-23/h3-12H,1-2H3,(H,22,24). The minimum absolute atomic E-state index is 0.130. The fourth-order valence-corrected chi connectivity index (χ4v) is 3.45. The molecule has 1 heterocycles. The Morgan fingerprint density at radius 1 is 1.27 bits per heavy atom. The largest absolute Gasteiger partial charge is 0.497 e. The highest BCUT2D eigenvalue weighted by Crippen LogP contribution is 2.30. The van der Waals surface area contributed by atoms with E-state index in [1.54, 1.807) is 25.3 Å². The number of nitrogens with one attached hydrogen (secondary N) is 1. The maximum atomic E-state index is 12.6. The number of nitrogens with zero attached hydrogens (tertiary/aromatic N) is 3. The number of amides is 1. The molecule has 0 aliphatic carbocycles. The molecule has 3 aromatic rings. The summed E-state index contributed by atoms with van der Waals surface area (Å²) in [5, 5.41) is 7.20. The van der Waals surface area contributed by atoms with Crippen LogP contribution in [0.15, 0.2) is 60.0 Å². The average Bonchev–Trinajstić information content (AvgIpc) is 3.16. The lowest BCUT2D eigenvalue weighted by molar-refractivity contribution is -0.115. The van der Waals surface area contributed by atoms with E-state index in [0.29, 0.717) is 16.4 Å². The number of methoxy groups -OCH3 is 1. The Bertz CT molecular complexity index is 885. The van der Waals surface area contributed by atoms with Crippen molar-refractivity contribution in [3.63, 3.8) is 0 Å². The zero-order valence-corrected chi connectivity index (χ0v) is 15.8. The van der Waals surface area contributed by atoms with Crippen molar-refractivity contribution in [3.05, 3.63) is 60.1 Å². The number of benzene rings is 2. The van der Waals surface area contributed by atoms with E-state index < -0.39 is 0 Å². The van der Waals surface area contributed by atoms with Crippen molar-refractivity contribution in [2.45, 2.75) is 17.1 Å². The highest BCUT2D eigenvalue weighted by atomic mass is 35.5. The summed E-state index contributed by atoms with van der Waals surface area (Å²) in [6, 6.07) is 12.9. The first-order valence-corrected chi connectivity index (χ1v) is 9.09. The molecule has 0 aliphatic rings. The highest BCUT2D eigenvalue weighted by Gasteiger charge is 2.18. The number of carbonyl (C=O) groups excluding carboxylic acids is 1. The second-order valence-electron chi connectivity index (χ2n) is 5.40. The molecule has 3 rings (SSSR count). The van der Waals surface area contributed by atoms with E-state index in [0.717, 1.165) is 10.6 Å². The fourth-order valence-electron chi connectivity index (χ4n) is 2.32. The Hall–Kier alpha value is -2.51. The number of halogens is 1.